The molecule has 0 unspecified atom stereocenters. The lowest BCUT2D eigenvalue weighted by Crippen LogP contribution is -2.14. The third kappa shape index (κ3) is 2.65. The maximum Gasteiger partial charge on any atom is 0.263 e. The maximum absolute atomic E-state index is 12.5. The highest BCUT2D eigenvalue weighted by Crippen LogP contribution is 2.25. The molecule has 3 aromatic rings. The van der Waals surface area contributed by atoms with E-state index in [1.54, 1.807) is 36.1 Å². The van der Waals surface area contributed by atoms with Crippen molar-refractivity contribution in [2.75, 3.05) is 4.72 Å². The van der Waals surface area contributed by atoms with Crippen molar-refractivity contribution in [3.8, 4) is 0 Å². The summed E-state index contributed by atoms with van der Waals surface area (Å²) in [7, 11) is -1.96. The van der Waals surface area contributed by atoms with Gasteiger partial charge in [0.1, 0.15) is 10.7 Å². The van der Waals surface area contributed by atoms with E-state index in [1.165, 1.54) is 6.07 Å². The minimum absolute atomic E-state index is 0.115. The van der Waals surface area contributed by atoms with E-state index in [2.05, 4.69) is 14.7 Å². The van der Waals surface area contributed by atoms with Gasteiger partial charge in [-0.25, -0.2) is 18.4 Å². The molecule has 0 atom stereocenters. The van der Waals surface area contributed by atoms with Crippen molar-refractivity contribution >= 4 is 38.5 Å². The van der Waals surface area contributed by atoms with E-state index in [0.717, 1.165) is 5.56 Å². The van der Waals surface area contributed by atoms with Gasteiger partial charge in [-0.15, -0.1) is 0 Å². The van der Waals surface area contributed by atoms with Gasteiger partial charge in [0.05, 0.1) is 16.7 Å². The Kier molecular flexibility index (Phi) is 3.54. The van der Waals surface area contributed by atoms with Gasteiger partial charge in [0.15, 0.2) is 5.82 Å². The van der Waals surface area contributed by atoms with Crippen molar-refractivity contribution in [1.29, 1.82) is 0 Å². The van der Waals surface area contributed by atoms with Crippen LogP contribution in [0.1, 0.15) is 5.56 Å². The van der Waals surface area contributed by atoms with Crippen molar-refractivity contribution < 1.29 is 8.42 Å². The summed E-state index contributed by atoms with van der Waals surface area (Å²) in [6.45, 7) is 1.83. The molecule has 0 aliphatic rings. The highest BCUT2D eigenvalue weighted by Gasteiger charge is 2.18. The first-order valence-electron chi connectivity index (χ1n) is 6.44. The van der Waals surface area contributed by atoms with Crippen LogP contribution in [0.15, 0.2) is 41.6 Å². The van der Waals surface area contributed by atoms with Crippen molar-refractivity contribution in [3.05, 3.63) is 47.4 Å². The molecular formula is C14H13ClN4O2S. The first-order valence-corrected chi connectivity index (χ1v) is 8.30. The number of rotatable bonds is 3. The molecule has 0 radical (unpaired) electrons. The number of halogens is 1. The second-order valence-corrected chi connectivity index (χ2v) is 7.01. The van der Waals surface area contributed by atoms with Crippen LogP contribution in [0, 0.1) is 6.92 Å². The number of fused-ring (bicyclic) bond motifs is 1. The monoisotopic (exact) mass is 336 g/mol. The number of anilines is 1. The van der Waals surface area contributed by atoms with Gasteiger partial charge in [0.25, 0.3) is 10.0 Å². The van der Waals surface area contributed by atoms with E-state index in [0.29, 0.717) is 11.0 Å². The molecular weight excluding hydrogens is 324 g/mol. The van der Waals surface area contributed by atoms with Gasteiger partial charge in [-0.2, -0.15) is 0 Å². The topological polar surface area (TPSA) is 76.9 Å². The highest BCUT2D eigenvalue weighted by atomic mass is 35.5. The molecule has 0 saturated heterocycles. The molecule has 22 heavy (non-hydrogen) atoms. The third-order valence-corrected chi connectivity index (χ3v) is 4.74. The number of nitrogens with zero attached hydrogens (tertiary/aromatic N) is 3. The Hall–Kier alpha value is -2.12. The molecule has 2 heterocycles. The maximum atomic E-state index is 12.5. The summed E-state index contributed by atoms with van der Waals surface area (Å²) in [5.41, 5.74) is 2.00. The Labute approximate surface area is 132 Å². The third-order valence-electron chi connectivity index (χ3n) is 3.21. The summed E-state index contributed by atoms with van der Waals surface area (Å²) in [5.74, 6) is 0.115. The van der Waals surface area contributed by atoms with Crippen LogP contribution in [-0.4, -0.2) is 23.0 Å². The second kappa shape index (κ2) is 5.26. The van der Waals surface area contributed by atoms with Gasteiger partial charge in [-0.3, -0.25) is 4.72 Å². The fourth-order valence-corrected chi connectivity index (χ4v) is 3.44. The lowest BCUT2D eigenvalue weighted by atomic mass is 10.2. The Morgan fingerprint density at radius 1 is 1.27 bits per heavy atom. The average Bonchev–Trinajstić information content (AvgIpc) is 2.80. The minimum Gasteiger partial charge on any atom is -0.334 e. The molecule has 0 aliphatic carbocycles. The highest BCUT2D eigenvalue weighted by molar-refractivity contribution is 7.92. The number of imidazole rings is 1. The Morgan fingerprint density at radius 3 is 2.77 bits per heavy atom. The van der Waals surface area contributed by atoms with E-state index >= 15 is 0 Å². The molecule has 3 rings (SSSR count). The molecule has 0 bridgehead atoms. The van der Waals surface area contributed by atoms with Crippen molar-refractivity contribution in [1.82, 2.24) is 14.5 Å². The van der Waals surface area contributed by atoms with E-state index in [9.17, 15) is 8.42 Å². The standard InChI is InChI=1S/C14H13ClN4O2S/c1-9-4-3-5-10(6-9)22(20,21)18-14-13-11(7-12(15)17-14)19(2)8-16-13/h3-8H,1-2H3,(H,17,18). The number of benzene rings is 1. The quantitative estimate of drug-likeness (QED) is 0.746. The van der Waals surface area contributed by atoms with Crippen LogP contribution in [0.25, 0.3) is 11.0 Å². The number of hydrogen-bond donors (Lipinski definition) is 1. The Morgan fingerprint density at radius 2 is 2.05 bits per heavy atom. The summed E-state index contributed by atoms with van der Waals surface area (Å²) in [5, 5.41) is 0.193. The van der Waals surface area contributed by atoms with E-state index < -0.39 is 10.0 Å². The van der Waals surface area contributed by atoms with E-state index in [-0.39, 0.29) is 15.9 Å². The summed E-state index contributed by atoms with van der Waals surface area (Å²) in [4.78, 5) is 8.38. The Bertz CT molecular complexity index is 966. The summed E-state index contributed by atoms with van der Waals surface area (Å²) >= 11 is 5.97. The molecule has 6 nitrogen and oxygen atoms in total. The van der Waals surface area contributed by atoms with Crippen LogP contribution in [0.2, 0.25) is 5.15 Å². The number of nitrogens with one attached hydrogen (secondary N) is 1. The molecule has 1 N–H and O–H groups in total. The predicted molar refractivity (Wildman–Crippen MR) is 85.5 cm³/mol. The largest absolute Gasteiger partial charge is 0.334 e. The summed E-state index contributed by atoms with van der Waals surface area (Å²) in [6.07, 6.45) is 1.58. The van der Waals surface area contributed by atoms with Crippen LogP contribution < -0.4 is 4.72 Å². The molecule has 8 heteroatoms. The van der Waals surface area contributed by atoms with Crippen LogP contribution in [0.4, 0.5) is 5.82 Å². The summed E-state index contributed by atoms with van der Waals surface area (Å²) < 4.78 is 29.2. The van der Waals surface area contributed by atoms with Gasteiger partial charge in [0.2, 0.25) is 0 Å². The van der Waals surface area contributed by atoms with Crippen LogP contribution >= 0.6 is 11.6 Å². The van der Waals surface area contributed by atoms with Gasteiger partial charge < -0.3 is 4.57 Å². The molecule has 0 fully saturated rings. The molecule has 114 valence electrons. The number of aryl methyl sites for hydroxylation is 2. The van der Waals surface area contributed by atoms with Gasteiger partial charge in [-0.1, -0.05) is 23.7 Å². The SMILES string of the molecule is Cc1cccc(S(=O)(=O)Nc2nc(Cl)cc3c2ncn3C)c1. The van der Waals surface area contributed by atoms with Gasteiger partial charge in [0, 0.05) is 13.1 Å². The molecule has 1 aromatic carbocycles. The fraction of sp³-hybridized carbons (Fsp3) is 0.143. The second-order valence-electron chi connectivity index (χ2n) is 4.94. The predicted octanol–water partition coefficient (Wildman–Crippen LogP) is 2.73. The van der Waals surface area contributed by atoms with Gasteiger partial charge in [-0.05, 0) is 24.6 Å². The number of pyridine rings is 1. The van der Waals surface area contributed by atoms with Crippen LogP contribution in [-0.2, 0) is 17.1 Å². The zero-order chi connectivity index (χ0) is 15.9. The van der Waals surface area contributed by atoms with Crippen LogP contribution in [0.3, 0.4) is 0 Å². The molecule has 0 spiro atoms. The molecule has 0 amide bonds. The van der Waals surface area contributed by atoms with Gasteiger partial charge >= 0.3 is 0 Å². The van der Waals surface area contributed by atoms with E-state index in [4.69, 9.17) is 11.6 Å². The lowest BCUT2D eigenvalue weighted by molar-refractivity contribution is 0.601. The first-order chi connectivity index (χ1) is 10.4. The normalized spacial score (nSPS) is 11.8. The fourth-order valence-electron chi connectivity index (χ4n) is 2.14. The molecule has 0 saturated carbocycles. The van der Waals surface area contributed by atoms with Crippen LogP contribution in [0.5, 0.6) is 0 Å². The number of hydrogen-bond acceptors (Lipinski definition) is 4. The molecule has 0 aliphatic heterocycles. The lowest BCUT2D eigenvalue weighted by Gasteiger charge is -2.09. The first kappa shape index (κ1) is 14.8. The number of aromatic nitrogens is 3. The zero-order valence-corrected chi connectivity index (χ0v) is 13.5. The summed E-state index contributed by atoms with van der Waals surface area (Å²) in [6, 6.07) is 8.26. The van der Waals surface area contributed by atoms with Crippen molar-refractivity contribution in [2.45, 2.75) is 11.8 Å². The Balaban J connectivity index is 2.10. The minimum atomic E-state index is -3.76. The smallest absolute Gasteiger partial charge is 0.263 e. The van der Waals surface area contributed by atoms with E-state index in [1.807, 2.05) is 13.0 Å². The van der Waals surface area contributed by atoms with Crippen molar-refractivity contribution in [3.63, 3.8) is 0 Å². The van der Waals surface area contributed by atoms with Crippen molar-refractivity contribution in [2.24, 2.45) is 7.05 Å². The average molecular weight is 337 g/mol. The zero-order valence-electron chi connectivity index (χ0n) is 11.9. The molecule has 2 aromatic heterocycles. The number of sulfonamides is 1.